The summed E-state index contributed by atoms with van der Waals surface area (Å²) in [6.07, 6.45) is 5.10. The van der Waals surface area contributed by atoms with Gasteiger partial charge in [-0.3, -0.25) is 14.2 Å². The molecule has 0 unspecified atom stereocenters. The Bertz CT molecular complexity index is 583. The summed E-state index contributed by atoms with van der Waals surface area (Å²) in [6, 6.07) is 2.14. The SMILES string of the molecule is N#CCC1(CNc2nccn(CC(=O)O)c2=O)CC1. The Hall–Kier alpha value is -2.36. The van der Waals surface area contributed by atoms with E-state index in [4.69, 9.17) is 10.4 Å². The Morgan fingerprint density at radius 3 is 2.95 bits per heavy atom. The van der Waals surface area contributed by atoms with Crippen molar-refractivity contribution < 1.29 is 9.90 Å². The third kappa shape index (κ3) is 3.10. The number of hydrogen-bond acceptors (Lipinski definition) is 5. The van der Waals surface area contributed by atoms with E-state index in [9.17, 15) is 9.59 Å². The highest BCUT2D eigenvalue weighted by Crippen LogP contribution is 2.48. The van der Waals surface area contributed by atoms with E-state index in [2.05, 4.69) is 16.4 Å². The van der Waals surface area contributed by atoms with Gasteiger partial charge in [0, 0.05) is 30.8 Å². The van der Waals surface area contributed by atoms with Crippen LogP contribution in [0.4, 0.5) is 5.82 Å². The van der Waals surface area contributed by atoms with Crippen molar-refractivity contribution in [2.24, 2.45) is 5.41 Å². The predicted octanol–water partition coefficient (Wildman–Crippen LogP) is 0.434. The fourth-order valence-corrected chi connectivity index (χ4v) is 1.87. The molecule has 0 spiro atoms. The van der Waals surface area contributed by atoms with Crippen LogP contribution in [0.25, 0.3) is 0 Å². The summed E-state index contributed by atoms with van der Waals surface area (Å²) >= 11 is 0. The minimum Gasteiger partial charge on any atom is -0.480 e. The molecule has 0 radical (unpaired) electrons. The van der Waals surface area contributed by atoms with E-state index in [0.717, 1.165) is 17.4 Å². The highest BCUT2D eigenvalue weighted by molar-refractivity contribution is 5.66. The number of carbonyl (C=O) groups is 1. The first-order valence-electron chi connectivity index (χ1n) is 5.94. The maximum atomic E-state index is 11.9. The summed E-state index contributed by atoms with van der Waals surface area (Å²) in [4.78, 5) is 26.4. The molecular formula is C12H14N4O3. The van der Waals surface area contributed by atoms with Gasteiger partial charge in [-0.2, -0.15) is 5.26 Å². The summed E-state index contributed by atoms with van der Waals surface area (Å²) in [5.41, 5.74) is -0.506. The van der Waals surface area contributed by atoms with Crippen molar-refractivity contribution in [1.82, 2.24) is 9.55 Å². The summed E-state index contributed by atoms with van der Waals surface area (Å²) in [5.74, 6) is -0.949. The molecule has 2 N–H and O–H groups in total. The first-order valence-corrected chi connectivity index (χ1v) is 5.94. The fourth-order valence-electron chi connectivity index (χ4n) is 1.87. The minimum absolute atomic E-state index is 0.0453. The second-order valence-electron chi connectivity index (χ2n) is 4.79. The topological polar surface area (TPSA) is 108 Å². The standard InChI is InChI=1S/C12H14N4O3/c13-4-3-12(1-2-12)8-15-10-11(19)16(6-5-14-10)7-9(17)18/h5-6H,1-3,7-8H2,(H,14,15)(H,17,18). The highest BCUT2D eigenvalue weighted by Gasteiger charge is 2.42. The molecule has 1 heterocycles. The molecule has 0 saturated heterocycles. The Morgan fingerprint density at radius 2 is 2.37 bits per heavy atom. The number of aliphatic carboxylic acids is 1. The molecule has 1 aromatic rings. The van der Waals surface area contributed by atoms with Crippen molar-refractivity contribution in [2.75, 3.05) is 11.9 Å². The maximum Gasteiger partial charge on any atom is 0.323 e. The van der Waals surface area contributed by atoms with Crippen molar-refractivity contribution in [3.8, 4) is 6.07 Å². The van der Waals surface area contributed by atoms with Crippen LogP contribution in [0.1, 0.15) is 19.3 Å². The average molecular weight is 262 g/mol. The molecule has 19 heavy (non-hydrogen) atoms. The lowest BCUT2D eigenvalue weighted by molar-refractivity contribution is -0.137. The van der Waals surface area contributed by atoms with Crippen LogP contribution in [-0.4, -0.2) is 27.2 Å². The molecule has 1 saturated carbocycles. The Labute approximate surface area is 109 Å². The van der Waals surface area contributed by atoms with Crippen LogP contribution in [0, 0.1) is 16.7 Å². The number of anilines is 1. The van der Waals surface area contributed by atoms with Crippen molar-refractivity contribution in [3.63, 3.8) is 0 Å². The molecule has 0 aliphatic heterocycles. The third-order valence-corrected chi connectivity index (χ3v) is 3.26. The van der Waals surface area contributed by atoms with Crippen LogP contribution in [-0.2, 0) is 11.3 Å². The molecule has 1 fully saturated rings. The van der Waals surface area contributed by atoms with E-state index < -0.39 is 11.5 Å². The number of hydrogen-bond donors (Lipinski definition) is 2. The van der Waals surface area contributed by atoms with E-state index in [1.54, 1.807) is 0 Å². The van der Waals surface area contributed by atoms with Gasteiger partial charge >= 0.3 is 5.97 Å². The molecule has 0 aromatic carbocycles. The number of nitrogens with zero attached hydrogens (tertiary/aromatic N) is 3. The molecule has 1 aliphatic rings. The number of aromatic nitrogens is 2. The van der Waals surface area contributed by atoms with E-state index in [1.165, 1.54) is 12.4 Å². The maximum absolute atomic E-state index is 11.9. The zero-order chi connectivity index (χ0) is 13.9. The smallest absolute Gasteiger partial charge is 0.323 e. The summed E-state index contributed by atoms with van der Waals surface area (Å²) < 4.78 is 1.08. The molecule has 0 amide bonds. The van der Waals surface area contributed by atoms with Crippen LogP contribution >= 0.6 is 0 Å². The molecule has 0 bridgehead atoms. The normalized spacial score (nSPS) is 15.5. The van der Waals surface area contributed by atoms with Crippen LogP contribution in [0.3, 0.4) is 0 Å². The molecular weight excluding hydrogens is 248 g/mol. The number of carboxylic acid groups (broad SMARTS) is 1. The lowest BCUT2D eigenvalue weighted by Gasteiger charge is -2.12. The quantitative estimate of drug-likeness (QED) is 0.769. The molecule has 1 aliphatic carbocycles. The van der Waals surface area contributed by atoms with Gasteiger partial charge in [-0.15, -0.1) is 0 Å². The lowest BCUT2D eigenvalue weighted by atomic mass is 10.0. The van der Waals surface area contributed by atoms with Gasteiger partial charge in [-0.25, -0.2) is 4.98 Å². The molecule has 1 aromatic heterocycles. The van der Waals surface area contributed by atoms with Crippen molar-refractivity contribution in [2.45, 2.75) is 25.8 Å². The van der Waals surface area contributed by atoms with E-state index in [1.807, 2.05) is 0 Å². The molecule has 7 nitrogen and oxygen atoms in total. The third-order valence-electron chi connectivity index (χ3n) is 3.26. The molecule has 0 atom stereocenters. The first-order chi connectivity index (χ1) is 9.06. The second kappa shape index (κ2) is 5.10. The zero-order valence-corrected chi connectivity index (χ0v) is 10.3. The highest BCUT2D eigenvalue weighted by atomic mass is 16.4. The monoisotopic (exact) mass is 262 g/mol. The van der Waals surface area contributed by atoms with Gasteiger partial charge in [-0.05, 0) is 12.8 Å². The number of nitriles is 1. The largest absolute Gasteiger partial charge is 0.480 e. The van der Waals surface area contributed by atoms with Crippen LogP contribution in [0.5, 0.6) is 0 Å². The molecule has 7 heteroatoms. The van der Waals surface area contributed by atoms with Gasteiger partial charge in [-0.1, -0.05) is 0 Å². The first kappa shape index (κ1) is 13.1. The van der Waals surface area contributed by atoms with Crippen LogP contribution in [0.15, 0.2) is 17.2 Å². The zero-order valence-electron chi connectivity index (χ0n) is 10.3. The van der Waals surface area contributed by atoms with Crippen LogP contribution in [0.2, 0.25) is 0 Å². The van der Waals surface area contributed by atoms with Gasteiger partial charge in [0.1, 0.15) is 6.54 Å². The Morgan fingerprint density at radius 1 is 1.63 bits per heavy atom. The summed E-state index contributed by atoms with van der Waals surface area (Å²) in [6.45, 7) is 0.124. The van der Waals surface area contributed by atoms with Crippen molar-refractivity contribution in [3.05, 3.63) is 22.7 Å². The summed E-state index contributed by atoms with van der Waals surface area (Å²) in [5, 5.41) is 20.3. The Balaban J connectivity index is 2.07. The average Bonchev–Trinajstić information content (AvgIpc) is 3.11. The number of rotatable bonds is 6. The number of nitrogens with one attached hydrogen (secondary N) is 1. The predicted molar refractivity (Wildman–Crippen MR) is 66.5 cm³/mol. The van der Waals surface area contributed by atoms with Crippen molar-refractivity contribution >= 4 is 11.8 Å². The lowest BCUT2D eigenvalue weighted by Crippen LogP contribution is -2.28. The van der Waals surface area contributed by atoms with Gasteiger partial charge in [0.25, 0.3) is 5.56 Å². The van der Waals surface area contributed by atoms with Gasteiger partial charge in [0.05, 0.1) is 6.07 Å². The van der Waals surface area contributed by atoms with Gasteiger partial charge in [0.15, 0.2) is 5.82 Å². The summed E-state index contributed by atoms with van der Waals surface area (Å²) in [7, 11) is 0. The Kier molecular flexibility index (Phi) is 3.51. The number of carboxylic acids is 1. The van der Waals surface area contributed by atoms with E-state index in [-0.39, 0.29) is 17.8 Å². The van der Waals surface area contributed by atoms with Crippen LogP contribution < -0.4 is 10.9 Å². The fraction of sp³-hybridized carbons (Fsp3) is 0.500. The van der Waals surface area contributed by atoms with E-state index >= 15 is 0 Å². The van der Waals surface area contributed by atoms with Gasteiger partial charge < -0.3 is 10.4 Å². The molecule has 100 valence electrons. The minimum atomic E-state index is -1.08. The van der Waals surface area contributed by atoms with Crippen molar-refractivity contribution in [1.29, 1.82) is 5.26 Å². The van der Waals surface area contributed by atoms with Gasteiger partial charge in [0.2, 0.25) is 0 Å². The second-order valence-corrected chi connectivity index (χ2v) is 4.79. The van der Waals surface area contributed by atoms with E-state index in [0.29, 0.717) is 13.0 Å². The molecule has 2 rings (SSSR count).